The average molecular weight is 244 g/mol. The average Bonchev–Trinajstić information content (AvgIpc) is 2.87. The molecule has 0 saturated carbocycles. The van der Waals surface area contributed by atoms with Crippen molar-refractivity contribution in [2.45, 2.75) is 26.2 Å². The van der Waals surface area contributed by atoms with Crippen LogP contribution < -0.4 is 5.32 Å². The van der Waals surface area contributed by atoms with Crippen molar-refractivity contribution in [1.82, 2.24) is 9.88 Å². The fourth-order valence-electron chi connectivity index (χ4n) is 2.35. The number of aryl methyl sites for hydroxylation is 1. The number of nitrogens with one attached hydrogen (secondary N) is 1. The smallest absolute Gasteiger partial charge is 0.127 e. The Bertz CT molecular complexity index is 430. The first-order valence-electron chi connectivity index (χ1n) is 6.63. The molecule has 4 nitrogen and oxygen atoms in total. The lowest BCUT2D eigenvalue weighted by atomic mass is 10.2. The van der Waals surface area contributed by atoms with E-state index >= 15 is 0 Å². The lowest BCUT2D eigenvalue weighted by molar-refractivity contribution is 0.337. The minimum absolute atomic E-state index is 0.671. The molecule has 2 heterocycles. The topological polar surface area (TPSA) is 52.0 Å². The van der Waals surface area contributed by atoms with Gasteiger partial charge in [-0.25, -0.2) is 4.98 Å². The van der Waals surface area contributed by atoms with Crippen molar-refractivity contribution < 1.29 is 0 Å². The third kappa shape index (κ3) is 3.71. The van der Waals surface area contributed by atoms with Crippen molar-refractivity contribution in [3.05, 3.63) is 23.4 Å². The molecular weight excluding hydrogens is 224 g/mol. The number of hydrogen-bond donors (Lipinski definition) is 1. The highest BCUT2D eigenvalue weighted by Crippen LogP contribution is 2.10. The van der Waals surface area contributed by atoms with Gasteiger partial charge in [0.15, 0.2) is 0 Å². The van der Waals surface area contributed by atoms with Gasteiger partial charge in [0.25, 0.3) is 0 Å². The van der Waals surface area contributed by atoms with Crippen molar-refractivity contribution >= 4 is 5.82 Å². The lowest BCUT2D eigenvalue weighted by Crippen LogP contribution is -2.22. The van der Waals surface area contributed by atoms with Gasteiger partial charge in [-0.2, -0.15) is 5.26 Å². The lowest BCUT2D eigenvalue weighted by Gasteiger charge is -2.14. The maximum atomic E-state index is 8.89. The van der Waals surface area contributed by atoms with Crippen LogP contribution in [0.25, 0.3) is 0 Å². The molecule has 1 aliphatic heterocycles. The number of likely N-dealkylation sites (tertiary alicyclic amines) is 1. The molecule has 1 aliphatic rings. The number of hydrogen-bond acceptors (Lipinski definition) is 4. The highest BCUT2D eigenvalue weighted by atomic mass is 15.1. The molecule has 96 valence electrons. The number of nitrogens with zero attached hydrogens (tertiary/aromatic N) is 3. The molecule has 1 N–H and O–H groups in total. The van der Waals surface area contributed by atoms with Gasteiger partial charge in [-0.1, -0.05) is 0 Å². The van der Waals surface area contributed by atoms with Gasteiger partial charge in [0.1, 0.15) is 5.82 Å². The second-order valence-electron chi connectivity index (χ2n) is 4.82. The Morgan fingerprint density at radius 1 is 1.39 bits per heavy atom. The maximum absolute atomic E-state index is 8.89. The number of pyridine rings is 1. The maximum Gasteiger partial charge on any atom is 0.127 e. The molecule has 1 saturated heterocycles. The summed E-state index contributed by atoms with van der Waals surface area (Å²) in [7, 11) is 0. The van der Waals surface area contributed by atoms with E-state index in [1.54, 1.807) is 6.07 Å². The molecule has 2 rings (SSSR count). The molecule has 0 bridgehead atoms. The summed E-state index contributed by atoms with van der Waals surface area (Å²) in [5.41, 5.74) is 1.56. The van der Waals surface area contributed by atoms with Crippen molar-refractivity contribution in [3.8, 4) is 6.07 Å². The molecule has 1 aromatic heterocycles. The van der Waals surface area contributed by atoms with Crippen LogP contribution in [0.3, 0.4) is 0 Å². The molecule has 0 atom stereocenters. The second kappa shape index (κ2) is 6.36. The predicted molar refractivity (Wildman–Crippen MR) is 72.5 cm³/mol. The minimum atomic E-state index is 0.671. The summed E-state index contributed by atoms with van der Waals surface area (Å²) < 4.78 is 0. The Balaban J connectivity index is 1.75. The second-order valence-corrected chi connectivity index (χ2v) is 4.82. The number of rotatable bonds is 5. The summed E-state index contributed by atoms with van der Waals surface area (Å²) in [5, 5.41) is 12.2. The van der Waals surface area contributed by atoms with Crippen LogP contribution in [0.1, 0.15) is 30.5 Å². The van der Waals surface area contributed by atoms with E-state index in [9.17, 15) is 0 Å². The SMILES string of the molecule is Cc1cc(C#N)cc(NCCCN2CCCC2)n1. The zero-order valence-electron chi connectivity index (χ0n) is 10.9. The summed E-state index contributed by atoms with van der Waals surface area (Å²) in [6, 6.07) is 5.76. The summed E-state index contributed by atoms with van der Waals surface area (Å²) >= 11 is 0. The number of nitriles is 1. The van der Waals surface area contributed by atoms with E-state index in [-0.39, 0.29) is 0 Å². The van der Waals surface area contributed by atoms with Crippen LogP contribution in [0, 0.1) is 18.3 Å². The largest absolute Gasteiger partial charge is 0.370 e. The summed E-state index contributed by atoms with van der Waals surface area (Å²) in [5.74, 6) is 0.813. The van der Waals surface area contributed by atoms with E-state index < -0.39 is 0 Å². The van der Waals surface area contributed by atoms with E-state index in [4.69, 9.17) is 5.26 Å². The molecule has 0 aliphatic carbocycles. The molecule has 0 amide bonds. The minimum Gasteiger partial charge on any atom is -0.370 e. The molecule has 18 heavy (non-hydrogen) atoms. The molecule has 0 unspecified atom stereocenters. The fourth-order valence-corrected chi connectivity index (χ4v) is 2.35. The fraction of sp³-hybridized carbons (Fsp3) is 0.571. The zero-order chi connectivity index (χ0) is 12.8. The van der Waals surface area contributed by atoms with E-state index in [0.717, 1.165) is 31.0 Å². The third-order valence-corrected chi connectivity index (χ3v) is 3.24. The Morgan fingerprint density at radius 3 is 2.89 bits per heavy atom. The Labute approximate surface area is 109 Å². The molecule has 1 fully saturated rings. The van der Waals surface area contributed by atoms with Crippen molar-refractivity contribution in [2.75, 3.05) is 31.5 Å². The molecule has 4 heteroatoms. The highest BCUT2D eigenvalue weighted by Gasteiger charge is 2.10. The van der Waals surface area contributed by atoms with Gasteiger partial charge < -0.3 is 10.2 Å². The monoisotopic (exact) mass is 244 g/mol. The Kier molecular flexibility index (Phi) is 4.54. The first-order valence-corrected chi connectivity index (χ1v) is 6.63. The van der Waals surface area contributed by atoms with Crippen molar-refractivity contribution in [3.63, 3.8) is 0 Å². The summed E-state index contributed by atoms with van der Waals surface area (Å²) in [6.07, 6.45) is 3.81. The predicted octanol–water partition coefficient (Wildman–Crippen LogP) is 2.16. The van der Waals surface area contributed by atoms with Crippen LogP contribution in [0.2, 0.25) is 0 Å². The molecular formula is C14H20N4. The van der Waals surface area contributed by atoms with Crippen LogP contribution in [-0.2, 0) is 0 Å². The van der Waals surface area contributed by atoms with Crippen LogP contribution in [-0.4, -0.2) is 36.1 Å². The van der Waals surface area contributed by atoms with Gasteiger partial charge in [-0.05, 0) is 58.0 Å². The van der Waals surface area contributed by atoms with E-state index in [1.807, 2.05) is 13.0 Å². The van der Waals surface area contributed by atoms with Crippen molar-refractivity contribution in [1.29, 1.82) is 5.26 Å². The van der Waals surface area contributed by atoms with Crippen LogP contribution in [0.5, 0.6) is 0 Å². The Hall–Kier alpha value is -1.60. The van der Waals surface area contributed by atoms with Gasteiger partial charge in [0, 0.05) is 12.2 Å². The Morgan fingerprint density at radius 2 is 2.17 bits per heavy atom. The standard InChI is InChI=1S/C14H20N4/c1-12-9-13(11-15)10-14(17-12)16-5-4-8-18-6-2-3-7-18/h9-10H,2-8H2,1H3,(H,16,17). The normalized spacial score (nSPS) is 15.6. The summed E-state index contributed by atoms with van der Waals surface area (Å²) in [6.45, 7) is 6.49. The highest BCUT2D eigenvalue weighted by molar-refractivity contribution is 5.44. The van der Waals surface area contributed by atoms with Gasteiger partial charge in [0.2, 0.25) is 0 Å². The molecule has 0 radical (unpaired) electrons. The van der Waals surface area contributed by atoms with Crippen LogP contribution in [0.15, 0.2) is 12.1 Å². The molecule has 0 aromatic carbocycles. The quantitative estimate of drug-likeness (QED) is 0.806. The number of aromatic nitrogens is 1. The van der Waals surface area contributed by atoms with Gasteiger partial charge in [-0.3, -0.25) is 0 Å². The molecule has 0 spiro atoms. The van der Waals surface area contributed by atoms with E-state index in [0.29, 0.717) is 5.56 Å². The number of anilines is 1. The molecule has 1 aromatic rings. The van der Waals surface area contributed by atoms with Gasteiger partial charge >= 0.3 is 0 Å². The third-order valence-electron chi connectivity index (χ3n) is 3.24. The first-order chi connectivity index (χ1) is 8.78. The van der Waals surface area contributed by atoms with Crippen molar-refractivity contribution in [2.24, 2.45) is 0 Å². The van der Waals surface area contributed by atoms with E-state index in [1.165, 1.54) is 25.9 Å². The van der Waals surface area contributed by atoms with Crippen LogP contribution in [0.4, 0.5) is 5.82 Å². The van der Waals surface area contributed by atoms with Gasteiger partial charge in [0.05, 0.1) is 11.6 Å². The van der Waals surface area contributed by atoms with Gasteiger partial charge in [-0.15, -0.1) is 0 Å². The van der Waals surface area contributed by atoms with Crippen LogP contribution >= 0.6 is 0 Å². The zero-order valence-corrected chi connectivity index (χ0v) is 10.9. The summed E-state index contributed by atoms with van der Waals surface area (Å²) in [4.78, 5) is 6.88. The first kappa shape index (κ1) is 12.8. The van der Waals surface area contributed by atoms with E-state index in [2.05, 4.69) is 21.3 Å².